The Morgan fingerprint density at radius 2 is 2.05 bits per heavy atom. The number of nitrogen functional groups attached to an aromatic ring is 1. The SMILES string of the molecule is CCCn1cnnc1-c1ccc(C(F)(F)F)cc1N. The monoisotopic (exact) mass is 270 g/mol. The van der Waals surface area contributed by atoms with Crippen LogP contribution in [-0.2, 0) is 12.7 Å². The number of anilines is 1. The number of halogens is 3. The van der Waals surface area contributed by atoms with Crippen molar-refractivity contribution in [3.8, 4) is 11.4 Å². The third-order valence-corrected chi connectivity index (χ3v) is 2.70. The molecule has 0 radical (unpaired) electrons. The summed E-state index contributed by atoms with van der Waals surface area (Å²) in [6.07, 6.45) is -1.99. The van der Waals surface area contributed by atoms with E-state index in [1.165, 1.54) is 12.4 Å². The van der Waals surface area contributed by atoms with E-state index in [0.717, 1.165) is 18.6 Å². The highest BCUT2D eigenvalue weighted by atomic mass is 19.4. The predicted octanol–water partition coefficient (Wildman–Crippen LogP) is 2.96. The molecule has 0 fully saturated rings. The van der Waals surface area contributed by atoms with Gasteiger partial charge in [-0.1, -0.05) is 6.92 Å². The molecular formula is C12H13F3N4. The first-order valence-corrected chi connectivity index (χ1v) is 5.78. The molecule has 0 atom stereocenters. The zero-order chi connectivity index (χ0) is 14.0. The Hall–Kier alpha value is -2.05. The van der Waals surface area contributed by atoms with Crippen LogP contribution in [0.25, 0.3) is 11.4 Å². The number of nitrogens with two attached hydrogens (primary N) is 1. The van der Waals surface area contributed by atoms with Crippen LogP contribution in [-0.4, -0.2) is 14.8 Å². The fraction of sp³-hybridized carbons (Fsp3) is 0.333. The molecule has 7 heteroatoms. The first-order chi connectivity index (χ1) is 8.93. The van der Waals surface area contributed by atoms with Gasteiger partial charge in [0, 0.05) is 17.8 Å². The van der Waals surface area contributed by atoms with E-state index in [-0.39, 0.29) is 5.69 Å². The Bertz CT molecular complexity index is 575. The van der Waals surface area contributed by atoms with Gasteiger partial charge >= 0.3 is 6.18 Å². The number of aromatic nitrogens is 3. The molecule has 0 saturated heterocycles. The molecule has 19 heavy (non-hydrogen) atoms. The maximum Gasteiger partial charge on any atom is 0.416 e. The zero-order valence-corrected chi connectivity index (χ0v) is 10.3. The lowest BCUT2D eigenvalue weighted by Crippen LogP contribution is -2.07. The van der Waals surface area contributed by atoms with E-state index in [0.29, 0.717) is 17.9 Å². The number of aryl methyl sites for hydroxylation is 1. The molecule has 1 aromatic heterocycles. The summed E-state index contributed by atoms with van der Waals surface area (Å²) in [5.41, 5.74) is 5.42. The number of rotatable bonds is 3. The van der Waals surface area contributed by atoms with Crippen LogP contribution in [0.5, 0.6) is 0 Å². The number of nitrogens with zero attached hydrogens (tertiary/aromatic N) is 3. The lowest BCUT2D eigenvalue weighted by atomic mass is 10.1. The maximum atomic E-state index is 12.6. The number of hydrogen-bond acceptors (Lipinski definition) is 3. The third-order valence-electron chi connectivity index (χ3n) is 2.70. The lowest BCUT2D eigenvalue weighted by molar-refractivity contribution is -0.137. The second-order valence-electron chi connectivity index (χ2n) is 4.15. The van der Waals surface area contributed by atoms with E-state index < -0.39 is 11.7 Å². The molecule has 1 aromatic carbocycles. The molecule has 4 nitrogen and oxygen atoms in total. The van der Waals surface area contributed by atoms with Gasteiger partial charge in [0.25, 0.3) is 0 Å². The van der Waals surface area contributed by atoms with Crippen LogP contribution in [0.1, 0.15) is 18.9 Å². The van der Waals surface area contributed by atoms with Gasteiger partial charge in [-0.05, 0) is 24.6 Å². The van der Waals surface area contributed by atoms with Crippen molar-refractivity contribution < 1.29 is 13.2 Å². The minimum absolute atomic E-state index is 0.0418. The first kappa shape index (κ1) is 13.4. The molecule has 0 bridgehead atoms. The average molecular weight is 270 g/mol. The zero-order valence-electron chi connectivity index (χ0n) is 10.3. The maximum absolute atomic E-state index is 12.6. The van der Waals surface area contributed by atoms with Crippen LogP contribution in [0, 0.1) is 0 Å². The Labute approximate surface area is 108 Å². The quantitative estimate of drug-likeness (QED) is 0.872. The summed E-state index contributed by atoms with van der Waals surface area (Å²) in [6, 6.07) is 3.24. The van der Waals surface area contributed by atoms with Crippen molar-refractivity contribution in [1.29, 1.82) is 0 Å². The summed E-state index contributed by atoms with van der Waals surface area (Å²) in [5, 5.41) is 7.67. The van der Waals surface area contributed by atoms with E-state index >= 15 is 0 Å². The normalized spacial score (nSPS) is 11.8. The summed E-state index contributed by atoms with van der Waals surface area (Å²) < 4.78 is 39.4. The molecule has 0 aliphatic rings. The second kappa shape index (κ2) is 4.91. The van der Waals surface area contributed by atoms with Crippen LogP contribution >= 0.6 is 0 Å². The van der Waals surface area contributed by atoms with Gasteiger partial charge in [0.15, 0.2) is 5.82 Å². The minimum atomic E-state index is -4.40. The Morgan fingerprint density at radius 1 is 1.32 bits per heavy atom. The van der Waals surface area contributed by atoms with Gasteiger partial charge in [-0.3, -0.25) is 0 Å². The van der Waals surface area contributed by atoms with Gasteiger partial charge < -0.3 is 10.3 Å². The largest absolute Gasteiger partial charge is 0.416 e. The highest BCUT2D eigenvalue weighted by molar-refractivity contribution is 5.72. The number of hydrogen-bond donors (Lipinski definition) is 1. The van der Waals surface area contributed by atoms with Gasteiger partial charge in [0.2, 0.25) is 0 Å². The van der Waals surface area contributed by atoms with E-state index in [2.05, 4.69) is 10.2 Å². The van der Waals surface area contributed by atoms with Gasteiger partial charge in [-0.25, -0.2) is 0 Å². The van der Waals surface area contributed by atoms with Crippen molar-refractivity contribution in [3.05, 3.63) is 30.1 Å². The predicted molar refractivity (Wildman–Crippen MR) is 65.2 cm³/mol. The molecule has 102 valence electrons. The van der Waals surface area contributed by atoms with Crippen molar-refractivity contribution >= 4 is 5.69 Å². The molecular weight excluding hydrogens is 257 g/mol. The summed E-state index contributed by atoms with van der Waals surface area (Å²) in [5.74, 6) is 0.480. The Morgan fingerprint density at radius 3 is 2.63 bits per heavy atom. The van der Waals surface area contributed by atoms with Crippen molar-refractivity contribution in [2.75, 3.05) is 5.73 Å². The van der Waals surface area contributed by atoms with Crippen molar-refractivity contribution in [2.45, 2.75) is 26.1 Å². The van der Waals surface area contributed by atoms with Crippen LogP contribution in [0.15, 0.2) is 24.5 Å². The molecule has 2 rings (SSSR count). The fourth-order valence-electron chi connectivity index (χ4n) is 1.81. The molecule has 1 heterocycles. The smallest absolute Gasteiger partial charge is 0.398 e. The molecule has 0 amide bonds. The molecule has 0 aliphatic heterocycles. The van der Waals surface area contributed by atoms with Crippen molar-refractivity contribution in [3.63, 3.8) is 0 Å². The molecule has 0 saturated carbocycles. The van der Waals surface area contributed by atoms with Crippen molar-refractivity contribution in [1.82, 2.24) is 14.8 Å². The van der Waals surface area contributed by atoms with Gasteiger partial charge in [0.05, 0.1) is 5.56 Å². The van der Waals surface area contributed by atoms with E-state index in [1.807, 2.05) is 6.92 Å². The highest BCUT2D eigenvalue weighted by Crippen LogP contribution is 2.33. The highest BCUT2D eigenvalue weighted by Gasteiger charge is 2.31. The number of benzene rings is 1. The van der Waals surface area contributed by atoms with E-state index in [9.17, 15) is 13.2 Å². The van der Waals surface area contributed by atoms with Gasteiger partial charge in [0.1, 0.15) is 6.33 Å². The average Bonchev–Trinajstić information content (AvgIpc) is 2.76. The third kappa shape index (κ3) is 2.69. The first-order valence-electron chi connectivity index (χ1n) is 5.78. The molecule has 2 N–H and O–H groups in total. The standard InChI is InChI=1S/C12H13F3N4/c1-2-5-19-7-17-18-11(19)9-4-3-8(6-10(9)16)12(13,14)15/h3-4,6-7H,2,5,16H2,1H3. The van der Waals surface area contributed by atoms with Gasteiger partial charge in [-0.2, -0.15) is 13.2 Å². The fourth-order valence-corrected chi connectivity index (χ4v) is 1.81. The molecule has 2 aromatic rings. The van der Waals surface area contributed by atoms with Crippen LogP contribution in [0.2, 0.25) is 0 Å². The van der Waals surface area contributed by atoms with Gasteiger partial charge in [-0.15, -0.1) is 10.2 Å². The van der Waals surface area contributed by atoms with E-state index in [1.54, 1.807) is 4.57 Å². The summed E-state index contributed by atoms with van der Waals surface area (Å²) in [4.78, 5) is 0. The minimum Gasteiger partial charge on any atom is -0.398 e. The van der Waals surface area contributed by atoms with E-state index in [4.69, 9.17) is 5.73 Å². The second-order valence-corrected chi connectivity index (χ2v) is 4.15. The Balaban J connectivity index is 2.44. The molecule has 0 aliphatic carbocycles. The van der Waals surface area contributed by atoms with Crippen LogP contribution in [0.3, 0.4) is 0 Å². The van der Waals surface area contributed by atoms with Crippen LogP contribution < -0.4 is 5.73 Å². The topological polar surface area (TPSA) is 56.7 Å². The Kier molecular flexibility index (Phi) is 3.46. The lowest BCUT2D eigenvalue weighted by Gasteiger charge is -2.11. The molecule has 0 spiro atoms. The summed E-state index contributed by atoms with van der Waals surface area (Å²) >= 11 is 0. The number of alkyl halides is 3. The molecule has 0 unspecified atom stereocenters. The summed E-state index contributed by atoms with van der Waals surface area (Å²) in [6.45, 7) is 2.67. The summed E-state index contributed by atoms with van der Waals surface area (Å²) in [7, 11) is 0. The van der Waals surface area contributed by atoms with Crippen LogP contribution in [0.4, 0.5) is 18.9 Å². The van der Waals surface area contributed by atoms with Crippen molar-refractivity contribution in [2.24, 2.45) is 0 Å².